The molecule has 0 radical (unpaired) electrons. The molecule has 9 heteroatoms. The van der Waals surface area contributed by atoms with Gasteiger partial charge < -0.3 is 4.57 Å². The predicted octanol–water partition coefficient (Wildman–Crippen LogP) is 1.17. The molecule has 1 saturated heterocycles. The average Bonchev–Trinajstić information content (AvgIpc) is 2.94. The van der Waals surface area contributed by atoms with Gasteiger partial charge in [0.2, 0.25) is 0 Å². The normalized spacial score (nSPS) is 17.3. The van der Waals surface area contributed by atoms with Crippen LogP contribution in [0.2, 0.25) is 0 Å². The van der Waals surface area contributed by atoms with Crippen molar-refractivity contribution in [1.29, 1.82) is 0 Å². The number of hydrogen-bond donors (Lipinski definition) is 0. The molecule has 1 fully saturated rings. The Bertz CT molecular complexity index is 853. The van der Waals surface area contributed by atoms with Gasteiger partial charge in [-0.05, 0) is 19.8 Å². The summed E-state index contributed by atoms with van der Waals surface area (Å²) < 4.78 is 29.4. The van der Waals surface area contributed by atoms with Crippen LogP contribution in [0.15, 0.2) is 18.6 Å². The second kappa shape index (κ2) is 6.81. The van der Waals surface area contributed by atoms with Gasteiger partial charge in [-0.2, -0.15) is 17.0 Å². The Morgan fingerprint density at radius 3 is 2.32 bits per heavy atom. The fraction of sp³-hybridized carbons (Fsp3) is 0.562. The van der Waals surface area contributed by atoms with Crippen LogP contribution in [0.5, 0.6) is 0 Å². The summed E-state index contributed by atoms with van der Waals surface area (Å²) in [7, 11) is 1.73. The monoisotopic (exact) mass is 364 g/mol. The molecule has 0 bridgehead atoms. The van der Waals surface area contributed by atoms with Crippen molar-refractivity contribution in [3.05, 3.63) is 30.1 Å². The molecular weight excluding hydrogens is 340 g/mol. The zero-order valence-electron chi connectivity index (χ0n) is 15.0. The lowest BCUT2D eigenvalue weighted by molar-refractivity contribution is 0.300. The molecular formula is C16H24N6O2S. The molecule has 0 aromatic carbocycles. The van der Waals surface area contributed by atoms with E-state index >= 15 is 0 Å². The SMILES string of the molecule is Cc1ncc(-c2nccnc2C2CCN(S(=O)(=O)N(C)C)CC2)n1C. The summed E-state index contributed by atoms with van der Waals surface area (Å²) in [6.45, 7) is 2.93. The molecule has 0 saturated carbocycles. The van der Waals surface area contributed by atoms with Gasteiger partial charge in [-0.3, -0.25) is 9.97 Å². The summed E-state index contributed by atoms with van der Waals surface area (Å²) in [6.07, 6.45) is 6.66. The summed E-state index contributed by atoms with van der Waals surface area (Å²) in [4.78, 5) is 13.4. The van der Waals surface area contributed by atoms with Crippen LogP contribution in [-0.4, -0.2) is 63.7 Å². The number of imidazole rings is 1. The molecule has 136 valence electrons. The van der Waals surface area contributed by atoms with Gasteiger partial charge >= 0.3 is 0 Å². The van der Waals surface area contributed by atoms with E-state index in [1.807, 2.05) is 24.7 Å². The minimum atomic E-state index is -3.35. The Labute approximate surface area is 148 Å². The lowest BCUT2D eigenvalue weighted by Gasteiger charge is -2.32. The van der Waals surface area contributed by atoms with Crippen molar-refractivity contribution in [3.8, 4) is 11.4 Å². The van der Waals surface area contributed by atoms with Gasteiger partial charge in [-0.1, -0.05) is 0 Å². The summed E-state index contributed by atoms with van der Waals surface area (Å²) in [6, 6.07) is 0. The van der Waals surface area contributed by atoms with Crippen LogP contribution in [-0.2, 0) is 17.3 Å². The first-order valence-corrected chi connectivity index (χ1v) is 9.69. The van der Waals surface area contributed by atoms with E-state index < -0.39 is 10.2 Å². The van der Waals surface area contributed by atoms with Gasteiger partial charge in [0.05, 0.1) is 17.6 Å². The Hall–Kier alpha value is -1.84. The second-order valence-electron chi connectivity index (χ2n) is 6.50. The highest BCUT2D eigenvalue weighted by Crippen LogP contribution is 2.33. The maximum Gasteiger partial charge on any atom is 0.281 e. The fourth-order valence-corrected chi connectivity index (χ4v) is 4.29. The van der Waals surface area contributed by atoms with Crippen molar-refractivity contribution >= 4 is 10.2 Å². The Balaban J connectivity index is 1.85. The van der Waals surface area contributed by atoms with Gasteiger partial charge in [-0.15, -0.1) is 0 Å². The Morgan fingerprint density at radius 1 is 1.12 bits per heavy atom. The summed E-state index contributed by atoms with van der Waals surface area (Å²) >= 11 is 0. The number of aryl methyl sites for hydroxylation is 1. The van der Waals surface area contributed by atoms with Gasteiger partial charge in [0.1, 0.15) is 11.5 Å². The van der Waals surface area contributed by atoms with Crippen molar-refractivity contribution < 1.29 is 8.42 Å². The van der Waals surface area contributed by atoms with Crippen LogP contribution in [0.25, 0.3) is 11.4 Å². The zero-order chi connectivity index (χ0) is 18.2. The number of rotatable bonds is 4. The molecule has 1 aliphatic heterocycles. The number of hydrogen-bond acceptors (Lipinski definition) is 5. The topological polar surface area (TPSA) is 84.2 Å². The molecule has 3 rings (SSSR count). The average molecular weight is 364 g/mol. The van der Waals surface area contributed by atoms with Crippen molar-refractivity contribution in [2.45, 2.75) is 25.7 Å². The fourth-order valence-electron chi connectivity index (χ4n) is 3.16. The van der Waals surface area contributed by atoms with Crippen LogP contribution in [0.4, 0.5) is 0 Å². The molecule has 0 N–H and O–H groups in total. The third-order valence-electron chi connectivity index (χ3n) is 4.82. The number of aromatic nitrogens is 4. The van der Waals surface area contributed by atoms with E-state index in [0.717, 1.165) is 35.7 Å². The van der Waals surface area contributed by atoms with E-state index in [0.29, 0.717) is 13.1 Å². The van der Waals surface area contributed by atoms with E-state index in [-0.39, 0.29) is 5.92 Å². The molecule has 0 aliphatic carbocycles. The number of piperidine rings is 1. The minimum Gasteiger partial charge on any atom is -0.330 e. The van der Waals surface area contributed by atoms with E-state index in [1.54, 1.807) is 26.5 Å². The molecule has 3 heterocycles. The Morgan fingerprint density at radius 2 is 1.76 bits per heavy atom. The lowest BCUT2D eigenvalue weighted by Crippen LogP contribution is -2.44. The summed E-state index contributed by atoms with van der Waals surface area (Å²) in [5.41, 5.74) is 2.69. The van der Waals surface area contributed by atoms with Crippen molar-refractivity contribution in [1.82, 2.24) is 28.1 Å². The highest BCUT2D eigenvalue weighted by atomic mass is 32.2. The number of nitrogens with zero attached hydrogens (tertiary/aromatic N) is 6. The molecule has 0 atom stereocenters. The van der Waals surface area contributed by atoms with E-state index in [2.05, 4.69) is 15.0 Å². The highest BCUT2D eigenvalue weighted by Gasteiger charge is 2.32. The summed E-state index contributed by atoms with van der Waals surface area (Å²) in [5.74, 6) is 1.10. The van der Waals surface area contributed by atoms with Crippen molar-refractivity contribution in [2.75, 3.05) is 27.2 Å². The maximum atomic E-state index is 12.3. The van der Waals surface area contributed by atoms with E-state index in [9.17, 15) is 8.42 Å². The van der Waals surface area contributed by atoms with Gasteiger partial charge in [0.25, 0.3) is 10.2 Å². The predicted molar refractivity (Wildman–Crippen MR) is 95.1 cm³/mol. The van der Waals surface area contributed by atoms with Crippen molar-refractivity contribution in [3.63, 3.8) is 0 Å². The third kappa shape index (κ3) is 3.31. The van der Waals surface area contributed by atoms with Crippen molar-refractivity contribution in [2.24, 2.45) is 7.05 Å². The molecule has 0 amide bonds. The highest BCUT2D eigenvalue weighted by molar-refractivity contribution is 7.86. The summed E-state index contributed by atoms with van der Waals surface area (Å²) in [5, 5.41) is 0. The molecule has 2 aromatic rings. The van der Waals surface area contributed by atoms with Gasteiger partial charge in [-0.25, -0.2) is 4.98 Å². The lowest BCUT2D eigenvalue weighted by atomic mass is 9.92. The molecule has 8 nitrogen and oxygen atoms in total. The first-order valence-electron chi connectivity index (χ1n) is 8.29. The smallest absolute Gasteiger partial charge is 0.281 e. The van der Waals surface area contributed by atoms with E-state index in [4.69, 9.17) is 0 Å². The van der Waals surface area contributed by atoms with E-state index in [1.165, 1.54) is 8.61 Å². The molecule has 2 aromatic heterocycles. The van der Waals surface area contributed by atoms with Crippen LogP contribution in [0, 0.1) is 6.92 Å². The molecule has 25 heavy (non-hydrogen) atoms. The van der Waals surface area contributed by atoms with Crippen LogP contribution in [0.3, 0.4) is 0 Å². The minimum absolute atomic E-state index is 0.188. The Kier molecular flexibility index (Phi) is 4.90. The largest absolute Gasteiger partial charge is 0.330 e. The third-order valence-corrected chi connectivity index (χ3v) is 6.76. The maximum absolute atomic E-state index is 12.3. The quantitative estimate of drug-likeness (QED) is 0.813. The standard InChI is InChI=1S/C16H24N6O2S/c1-12-19-11-14(21(12)4)16-15(17-7-8-18-16)13-5-9-22(10-6-13)25(23,24)20(2)3/h7-8,11,13H,5-6,9-10H2,1-4H3. The second-order valence-corrected chi connectivity index (χ2v) is 8.65. The van der Waals surface area contributed by atoms with Crippen LogP contribution < -0.4 is 0 Å². The molecule has 0 unspecified atom stereocenters. The van der Waals surface area contributed by atoms with Gasteiger partial charge in [0.15, 0.2) is 0 Å². The molecule has 0 spiro atoms. The first kappa shape index (κ1) is 18.0. The first-order chi connectivity index (χ1) is 11.8. The van der Waals surface area contributed by atoms with Crippen LogP contribution >= 0.6 is 0 Å². The van der Waals surface area contributed by atoms with Gasteiger partial charge in [0, 0.05) is 52.5 Å². The molecule has 1 aliphatic rings. The van der Waals surface area contributed by atoms with Crippen LogP contribution in [0.1, 0.15) is 30.3 Å². The zero-order valence-corrected chi connectivity index (χ0v) is 15.9.